The molecule has 0 spiro atoms. The lowest BCUT2D eigenvalue weighted by atomic mass is 9.96. The average molecular weight is 443 g/mol. The molecular weight excluding hydrogens is 412 g/mol. The molecule has 0 bridgehead atoms. The first kappa shape index (κ1) is 21.6. The monoisotopic (exact) mass is 442 g/mol. The predicted octanol–water partition coefficient (Wildman–Crippen LogP) is 3.62. The number of carbonyl (C=O) groups excluding carboxylic acids is 1. The molecule has 1 saturated carbocycles. The fourth-order valence-corrected chi connectivity index (χ4v) is 4.77. The summed E-state index contributed by atoms with van der Waals surface area (Å²) >= 11 is 0. The highest BCUT2D eigenvalue weighted by atomic mass is 16.2. The van der Waals surface area contributed by atoms with Gasteiger partial charge in [-0.3, -0.25) is 14.5 Å². The fourth-order valence-electron chi connectivity index (χ4n) is 4.77. The smallest absolute Gasteiger partial charge is 0.267 e. The van der Waals surface area contributed by atoms with Gasteiger partial charge in [0.15, 0.2) is 0 Å². The van der Waals surface area contributed by atoms with Gasteiger partial charge in [0.05, 0.1) is 11.7 Å². The Bertz CT molecular complexity index is 1110. The molecule has 5 rings (SSSR count). The number of nitrogens with zero attached hydrogens (tertiary/aromatic N) is 4. The third-order valence-corrected chi connectivity index (χ3v) is 6.79. The summed E-state index contributed by atoms with van der Waals surface area (Å²) in [5.74, 6) is 0.406. The van der Waals surface area contributed by atoms with Crippen molar-refractivity contribution in [2.75, 3.05) is 26.2 Å². The molecule has 6 nitrogen and oxygen atoms in total. The van der Waals surface area contributed by atoms with E-state index >= 15 is 0 Å². The fraction of sp³-hybridized carbons (Fsp3) is 0.370. The van der Waals surface area contributed by atoms with Gasteiger partial charge >= 0.3 is 0 Å². The van der Waals surface area contributed by atoms with Gasteiger partial charge in [-0.05, 0) is 37.0 Å². The van der Waals surface area contributed by atoms with E-state index in [0.717, 1.165) is 31.6 Å². The minimum Gasteiger partial charge on any atom is -0.338 e. The number of hydrogen-bond acceptors (Lipinski definition) is 4. The van der Waals surface area contributed by atoms with Gasteiger partial charge in [0, 0.05) is 38.2 Å². The first-order valence-electron chi connectivity index (χ1n) is 11.8. The number of rotatable bonds is 6. The molecular formula is C27H30N4O2. The molecule has 33 heavy (non-hydrogen) atoms. The molecule has 1 aliphatic heterocycles. The van der Waals surface area contributed by atoms with Gasteiger partial charge < -0.3 is 4.90 Å². The Morgan fingerprint density at radius 1 is 0.848 bits per heavy atom. The van der Waals surface area contributed by atoms with E-state index in [1.807, 2.05) is 17.0 Å². The zero-order valence-corrected chi connectivity index (χ0v) is 19.0. The van der Waals surface area contributed by atoms with E-state index in [1.165, 1.54) is 15.8 Å². The van der Waals surface area contributed by atoms with Gasteiger partial charge in [-0.15, -0.1) is 0 Å². The summed E-state index contributed by atoms with van der Waals surface area (Å²) in [4.78, 5) is 30.0. The zero-order valence-electron chi connectivity index (χ0n) is 19.0. The molecule has 1 unspecified atom stereocenters. The molecule has 1 atom stereocenters. The molecule has 1 aromatic heterocycles. The predicted molar refractivity (Wildman–Crippen MR) is 128 cm³/mol. The van der Waals surface area contributed by atoms with Crippen LogP contribution in [0.5, 0.6) is 0 Å². The number of piperazine rings is 1. The second-order valence-electron chi connectivity index (χ2n) is 9.08. The number of hydrogen-bond donors (Lipinski definition) is 0. The standard InChI is InChI=1S/C27H30N4O2/c1-20(31-25(32)15-14-24(28-31)21-12-13-21)27(33)30-18-16-29(17-19-30)26(22-8-4-2-5-9-22)23-10-6-3-7-11-23/h2-11,14-15,20-21,26H,12-13,16-19H2,1H3. The Hall–Kier alpha value is -3.25. The molecule has 2 aromatic carbocycles. The van der Waals surface area contributed by atoms with E-state index in [-0.39, 0.29) is 17.5 Å². The van der Waals surface area contributed by atoms with Crippen molar-refractivity contribution in [2.45, 2.75) is 37.8 Å². The lowest BCUT2D eigenvalue weighted by Crippen LogP contribution is -2.52. The van der Waals surface area contributed by atoms with Crippen LogP contribution < -0.4 is 5.56 Å². The second kappa shape index (κ2) is 9.32. The van der Waals surface area contributed by atoms with E-state index in [9.17, 15) is 9.59 Å². The van der Waals surface area contributed by atoms with E-state index in [2.05, 4.69) is 58.5 Å². The Kier molecular flexibility index (Phi) is 6.09. The number of carbonyl (C=O) groups is 1. The Morgan fingerprint density at radius 2 is 1.42 bits per heavy atom. The van der Waals surface area contributed by atoms with Crippen LogP contribution in [-0.2, 0) is 4.79 Å². The Balaban J connectivity index is 1.30. The van der Waals surface area contributed by atoms with Crippen molar-refractivity contribution in [3.63, 3.8) is 0 Å². The molecule has 2 aliphatic rings. The molecule has 6 heteroatoms. The van der Waals surface area contributed by atoms with Crippen LogP contribution in [0.4, 0.5) is 0 Å². The quantitative estimate of drug-likeness (QED) is 0.585. The Labute approximate surface area is 194 Å². The Morgan fingerprint density at radius 3 is 1.97 bits per heavy atom. The van der Waals surface area contributed by atoms with E-state index in [1.54, 1.807) is 19.1 Å². The third kappa shape index (κ3) is 4.62. The van der Waals surface area contributed by atoms with E-state index in [4.69, 9.17) is 0 Å². The summed E-state index contributed by atoms with van der Waals surface area (Å²) in [7, 11) is 0. The summed E-state index contributed by atoms with van der Waals surface area (Å²) in [5, 5.41) is 4.52. The number of amides is 1. The lowest BCUT2D eigenvalue weighted by molar-refractivity contribution is -0.136. The molecule has 170 valence electrons. The van der Waals surface area contributed by atoms with Crippen LogP contribution >= 0.6 is 0 Å². The van der Waals surface area contributed by atoms with Crippen molar-refractivity contribution in [3.05, 3.63) is 100.0 Å². The van der Waals surface area contributed by atoms with Crippen molar-refractivity contribution in [3.8, 4) is 0 Å². The maximum atomic E-state index is 13.3. The van der Waals surface area contributed by atoms with Crippen LogP contribution in [0.1, 0.15) is 54.6 Å². The molecule has 1 saturated heterocycles. The van der Waals surface area contributed by atoms with Crippen molar-refractivity contribution in [1.29, 1.82) is 0 Å². The highest BCUT2D eigenvalue weighted by Crippen LogP contribution is 2.38. The first-order chi connectivity index (χ1) is 16.1. The van der Waals surface area contributed by atoms with Crippen LogP contribution in [0.3, 0.4) is 0 Å². The molecule has 3 aromatic rings. The molecule has 0 radical (unpaired) electrons. The summed E-state index contributed by atoms with van der Waals surface area (Å²) in [6.07, 6.45) is 2.22. The van der Waals surface area contributed by atoms with Gasteiger partial charge in [-0.2, -0.15) is 5.10 Å². The van der Waals surface area contributed by atoms with Crippen molar-refractivity contribution in [1.82, 2.24) is 19.6 Å². The van der Waals surface area contributed by atoms with Crippen LogP contribution in [0.25, 0.3) is 0 Å². The SMILES string of the molecule is CC(C(=O)N1CCN(C(c2ccccc2)c2ccccc2)CC1)n1nc(C2CC2)ccc1=O. The lowest BCUT2D eigenvalue weighted by Gasteiger charge is -2.40. The normalized spacial score (nSPS) is 17.8. The highest BCUT2D eigenvalue weighted by molar-refractivity contribution is 5.80. The molecule has 2 fully saturated rings. The van der Waals surface area contributed by atoms with E-state index in [0.29, 0.717) is 19.0 Å². The van der Waals surface area contributed by atoms with Crippen LogP contribution in [0.2, 0.25) is 0 Å². The van der Waals surface area contributed by atoms with Crippen LogP contribution in [0, 0.1) is 0 Å². The number of aromatic nitrogens is 2. The van der Waals surface area contributed by atoms with Gasteiger partial charge in [-0.25, -0.2) is 4.68 Å². The average Bonchev–Trinajstić information content (AvgIpc) is 3.71. The highest BCUT2D eigenvalue weighted by Gasteiger charge is 2.32. The van der Waals surface area contributed by atoms with Crippen molar-refractivity contribution < 1.29 is 4.79 Å². The summed E-state index contributed by atoms with van der Waals surface area (Å²) in [6, 6.07) is 24.0. The molecule has 1 aliphatic carbocycles. The van der Waals surface area contributed by atoms with Gasteiger partial charge in [-0.1, -0.05) is 60.7 Å². The molecule has 1 amide bonds. The molecule has 0 N–H and O–H groups in total. The second-order valence-corrected chi connectivity index (χ2v) is 9.08. The van der Waals surface area contributed by atoms with Crippen LogP contribution in [0.15, 0.2) is 77.6 Å². The maximum Gasteiger partial charge on any atom is 0.267 e. The maximum absolute atomic E-state index is 13.3. The summed E-state index contributed by atoms with van der Waals surface area (Å²) in [6.45, 7) is 4.61. The third-order valence-electron chi connectivity index (χ3n) is 6.79. The topological polar surface area (TPSA) is 58.4 Å². The van der Waals surface area contributed by atoms with Gasteiger partial charge in [0.2, 0.25) is 5.91 Å². The molecule has 2 heterocycles. The minimum atomic E-state index is -0.596. The van der Waals surface area contributed by atoms with E-state index < -0.39 is 6.04 Å². The van der Waals surface area contributed by atoms with Gasteiger partial charge in [0.25, 0.3) is 5.56 Å². The summed E-state index contributed by atoms with van der Waals surface area (Å²) in [5.41, 5.74) is 3.22. The first-order valence-corrected chi connectivity index (χ1v) is 11.8. The van der Waals surface area contributed by atoms with Crippen molar-refractivity contribution in [2.24, 2.45) is 0 Å². The van der Waals surface area contributed by atoms with Crippen molar-refractivity contribution >= 4 is 5.91 Å². The summed E-state index contributed by atoms with van der Waals surface area (Å²) < 4.78 is 1.37. The zero-order chi connectivity index (χ0) is 22.8. The van der Waals surface area contributed by atoms with Gasteiger partial charge in [0.1, 0.15) is 6.04 Å². The number of benzene rings is 2. The van der Waals surface area contributed by atoms with Crippen LogP contribution in [-0.4, -0.2) is 51.7 Å². The minimum absolute atomic E-state index is 0.0341. The largest absolute Gasteiger partial charge is 0.338 e.